The highest BCUT2D eigenvalue weighted by Crippen LogP contribution is 1.91. The molecule has 0 unspecified atom stereocenters. The molecule has 0 fully saturated rings. The zero-order valence-corrected chi connectivity index (χ0v) is 4.71. The van der Waals surface area contributed by atoms with Crippen LogP contribution in [0.1, 0.15) is 13.8 Å². The summed E-state index contributed by atoms with van der Waals surface area (Å²) >= 11 is 4.26. The van der Waals surface area contributed by atoms with Crippen LogP contribution in [-0.2, 0) is 5.11 Å². The van der Waals surface area contributed by atoms with Crippen molar-refractivity contribution in [1.82, 2.24) is 0 Å². The first kappa shape index (κ1) is 5.89. The van der Waals surface area contributed by atoms with Gasteiger partial charge in [0.25, 0.3) is 0 Å². The minimum Gasteiger partial charge on any atom is -0.282 e. The molecular formula is C4H7OS. The standard InChI is InChI=1S/C4H7OS/c1-3(2)4(5)6/h3H,1-2H3. The minimum absolute atomic E-state index is 0.0278. The monoisotopic (exact) mass is 103 g/mol. The quantitative estimate of drug-likeness (QED) is 0.459. The topological polar surface area (TPSA) is 19.9 Å². The molecule has 0 N–H and O–H groups in total. The molecule has 0 saturated heterocycles. The van der Waals surface area contributed by atoms with Gasteiger partial charge in [0.15, 0.2) is 0 Å². The lowest BCUT2D eigenvalue weighted by molar-refractivity contribution is 0.409. The molecule has 6 heavy (non-hydrogen) atoms. The van der Waals surface area contributed by atoms with Crippen molar-refractivity contribution in [2.75, 3.05) is 0 Å². The van der Waals surface area contributed by atoms with Crippen LogP contribution in [0.3, 0.4) is 0 Å². The van der Waals surface area contributed by atoms with Crippen molar-refractivity contribution in [3.8, 4) is 0 Å². The van der Waals surface area contributed by atoms with E-state index in [0.29, 0.717) is 0 Å². The van der Waals surface area contributed by atoms with Gasteiger partial charge in [0.2, 0.25) is 5.05 Å². The van der Waals surface area contributed by atoms with Gasteiger partial charge < -0.3 is 0 Å². The van der Waals surface area contributed by atoms with Gasteiger partial charge in [-0.25, -0.2) is 0 Å². The highest BCUT2D eigenvalue weighted by Gasteiger charge is 1.97. The lowest BCUT2D eigenvalue weighted by Gasteiger charge is -1.89. The van der Waals surface area contributed by atoms with E-state index >= 15 is 0 Å². The average Bonchev–Trinajstić information content (AvgIpc) is 1.36. The molecule has 0 spiro atoms. The Morgan fingerprint density at radius 2 is 1.83 bits per heavy atom. The summed E-state index contributed by atoms with van der Waals surface area (Å²) in [6.45, 7) is 3.57. The number of thiocarbonyl (C=S) groups is 1. The summed E-state index contributed by atoms with van der Waals surface area (Å²) in [4.78, 5) is 0. The van der Waals surface area contributed by atoms with Crippen molar-refractivity contribution >= 4 is 17.3 Å². The molecule has 1 nitrogen and oxygen atoms in total. The third kappa shape index (κ3) is 2.15. The van der Waals surface area contributed by atoms with Gasteiger partial charge >= 0.3 is 0 Å². The van der Waals surface area contributed by atoms with Gasteiger partial charge in [-0.1, -0.05) is 13.8 Å². The van der Waals surface area contributed by atoms with Gasteiger partial charge in [0, 0.05) is 5.92 Å². The summed E-state index contributed by atoms with van der Waals surface area (Å²) < 4.78 is 0. The van der Waals surface area contributed by atoms with Crippen LogP contribution in [0.5, 0.6) is 0 Å². The summed E-state index contributed by atoms with van der Waals surface area (Å²) in [5, 5.41) is 9.80. The molecule has 0 aliphatic heterocycles. The molecule has 0 aromatic rings. The van der Waals surface area contributed by atoms with E-state index in [1.165, 1.54) is 0 Å². The summed E-state index contributed by atoms with van der Waals surface area (Å²) in [5.74, 6) is 0.0278. The molecule has 0 aliphatic rings. The molecule has 0 heterocycles. The Morgan fingerprint density at radius 3 is 1.83 bits per heavy atom. The lowest BCUT2D eigenvalue weighted by atomic mass is 10.2. The molecule has 0 aromatic carbocycles. The molecule has 0 saturated carbocycles. The predicted octanol–water partition coefficient (Wildman–Crippen LogP) is 1.40. The maximum Gasteiger partial charge on any atom is 0.221 e. The number of rotatable bonds is 1. The fraction of sp³-hybridized carbons (Fsp3) is 0.750. The van der Waals surface area contributed by atoms with E-state index in [2.05, 4.69) is 12.2 Å². The fourth-order valence-corrected chi connectivity index (χ4v) is 0. The van der Waals surface area contributed by atoms with Gasteiger partial charge in [-0.05, 0) is 12.2 Å². The Morgan fingerprint density at radius 1 is 1.67 bits per heavy atom. The first-order chi connectivity index (χ1) is 2.64. The number of hydrogen-bond acceptors (Lipinski definition) is 1. The Kier molecular flexibility index (Phi) is 2.09. The van der Waals surface area contributed by atoms with Crippen LogP contribution in [0, 0.1) is 5.92 Å². The van der Waals surface area contributed by atoms with Crippen molar-refractivity contribution in [1.29, 1.82) is 0 Å². The van der Waals surface area contributed by atoms with E-state index in [1.807, 2.05) is 0 Å². The van der Waals surface area contributed by atoms with Crippen LogP contribution < -0.4 is 0 Å². The zero-order valence-electron chi connectivity index (χ0n) is 3.89. The maximum absolute atomic E-state index is 9.96. The lowest BCUT2D eigenvalue weighted by Crippen LogP contribution is -1.97. The Hall–Kier alpha value is -0.110. The van der Waals surface area contributed by atoms with Crippen LogP contribution in [0.15, 0.2) is 0 Å². The molecule has 0 bridgehead atoms. The molecule has 0 aromatic heterocycles. The van der Waals surface area contributed by atoms with E-state index in [4.69, 9.17) is 0 Å². The highest BCUT2D eigenvalue weighted by molar-refractivity contribution is 7.80. The minimum atomic E-state index is -0.157. The van der Waals surface area contributed by atoms with E-state index in [1.54, 1.807) is 13.8 Å². The van der Waals surface area contributed by atoms with Crippen LogP contribution in [0.2, 0.25) is 0 Å². The highest BCUT2D eigenvalue weighted by atomic mass is 32.1. The van der Waals surface area contributed by atoms with Gasteiger partial charge in [0.05, 0.1) is 0 Å². The van der Waals surface area contributed by atoms with Crippen molar-refractivity contribution in [3.63, 3.8) is 0 Å². The summed E-state index contributed by atoms with van der Waals surface area (Å²) in [7, 11) is 0. The van der Waals surface area contributed by atoms with Crippen LogP contribution in [0.4, 0.5) is 0 Å². The summed E-state index contributed by atoms with van der Waals surface area (Å²) in [6, 6.07) is 0. The molecule has 0 amide bonds. The van der Waals surface area contributed by atoms with E-state index in [9.17, 15) is 5.11 Å². The van der Waals surface area contributed by atoms with Crippen molar-refractivity contribution in [2.45, 2.75) is 13.8 Å². The van der Waals surface area contributed by atoms with Gasteiger partial charge in [-0.3, -0.25) is 5.11 Å². The van der Waals surface area contributed by atoms with Gasteiger partial charge in [-0.15, -0.1) is 0 Å². The van der Waals surface area contributed by atoms with Crippen molar-refractivity contribution in [2.24, 2.45) is 5.92 Å². The second kappa shape index (κ2) is 2.13. The van der Waals surface area contributed by atoms with Gasteiger partial charge in [-0.2, -0.15) is 0 Å². The Labute approximate surface area is 43.0 Å². The SMILES string of the molecule is CC(C)C([O])=S. The zero-order chi connectivity index (χ0) is 5.15. The fourth-order valence-electron chi connectivity index (χ4n) is 0. The van der Waals surface area contributed by atoms with Crippen LogP contribution in [0.25, 0.3) is 0 Å². The average molecular weight is 103 g/mol. The normalized spacial score (nSPS) is 9.17. The molecule has 0 rings (SSSR count). The van der Waals surface area contributed by atoms with Crippen molar-refractivity contribution in [3.05, 3.63) is 0 Å². The Balaban J connectivity index is 3.26. The van der Waals surface area contributed by atoms with E-state index < -0.39 is 0 Å². The molecule has 1 radical (unpaired) electrons. The largest absolute Gasteiger partial charge is 0.282 e. The van der Waals surface area contributed by atoms with Crippen LogP contribution in [-0.4, -0.2) is 5.05 Å². The summed E-state index contributed by atoms with van der Waals surface area (Å²) in [6.07, 6.45) is 0. The molecule has 2 heteroatoms. The first-order valence-electron chi connectivity index (χ1n) is 1.85. The summed E-state index contributed by atoms with van der Waals surface area (Å²) in [5.41, 5.74) is 0. The molecular weight excluding hydrogens is 96.1 g/mol. The van der Waals surface area contributed by atoms with E-state index in [0.717, 1.165) is 0 Å². The first-order valence-corrected chi connectivity index (χ1v) is 2.26. The smallest absolute Gasteiger partial charge is 0.221 e. The van der Waals surface area contributed by atoms with E-state index in [-0.39, 0.29) is 11.0 Å². The number of hydrogen-bond donors (Lipinski definition) is 0. The second-order valence-electron chi connectivity index (χ2n) is 1.47. The van der Waals surface area contributed by atoms with Crippen molar-refractivity contribution < 1.29 is 5.11 Å². The van der Waals surface area contributed by atoms with Crippen LogP contribution >= 0.6 is 12.2 Å². The third-order valence-corrected chi connectivity index (χ3v) is 0.943. The molecule has 0 atom stereocenters. The second-order valence-corrected chi connectivity index (χ2v) is 1.88. The third-order valence-electron chi connectivity index (χ3n) is 0.471. The Bertz CT molecular complexity index is 58.6. The predicted molar refractivity (Wildman–Crippen MR) is 28.1 cm³/mol. The van der Waals surface area contributed by atoms with Gasteiger partial charge in [0.1, 0.15) is 0 Å². The molecule has 0 aliphatic carbocycles. The maximum atomic E-state index is 9.96. The molecule has 35 valence electrons.